The third-order valence-electron chi connectivity index (χ3n) is 5.14. The quantitative estimate of drug-likeness (QED) is 0.600. The molecule has 1 aliphatic rings. The first-order chi connectivity index (χ1) is 12.9. The molecule has 1 aromatic heterocycles. The highest BCUT2D eigenvalue weighted by atomic mass is 16.5. The molecule has 0 saturated carbocycles. The van der Waals surface area contributed by atoms with Gasteiger partial charge in [0.25, 0.3) is 0 Å². The van der Waals surface area contributed by atoms with Gasteiger partial charge in [-0.3, -0.25) is 0 Å². The first-order valence-electron chi connectivity index (χ1n) is 9.63. The number of benzene rings is 2. The van der Waals surface area contributed by atoms with Gasteiger partial charge in [0.15, 0.2) is 0 Å². The van der Waals surface area contributed by atoms with Crippen molar-refractivity contribution in [2.75, 3.05) is 6.61 Å². The molecule has 2 aromatic carbocycles. The Morgan fingerprint density at radius 1 is 0.846 bits per heavy atom. The minimum atomic E-state index is 0.641. The van der Waals surface area contributed by atoms with Crippen molar-refractivity contribution < 1.29 is 4.74 Å². The first-order valence-corrected chi connectivity index (χ1v) is 9.63. The fourth-order valence-corrected chi connectivity index (χ4v) is 3.94. The van der Waals surface area contributed by atoms with Crippen LogP contribution in [0.5, 0.6) is 5.88 Å². The highest BCUT2D eigenvalue weighted by Gasteiger charge is 2.23. The smallest absolute Gasteiger partial charge is 0.217 e. The van der Waals surface area contributed by atoms with Gasteiger partial charge in [-0.1, -0.05) is 60.7 Å². The lowest BCUT2D eigenvalue weighted by Gasteiger charge is -2.24. The summed E-state index contributed by atoms with van der Waals surface area (Å²) < 4.78 is 6.03. The van der Waals surface area contributed by atoms with Crippen molar-refractivity contribution in [2.24, 2.45) is 0 Å². The van der Waals surface area contributed by atoms with Crippen LogP contribution in [0.3, 0.4) is 0 Å². The van der Waals surface area contributed by atoms with E-state index in [1.807, 2.05) is 6.92 Å². The highest BCUT2D eigenvalue weighted by molar-refractivity contribution is 5.67. The number of aromatic nitrogens is 1. The predicted octanol–water partition coefficient (Wildman–Crippen LogP) is 5.62. The van der Waals surface area contributed by atoms with Crippen LogP contribution in [0.4, 0.5) is 0 Å². The van der Waals surface area contributed by atoms with Crippen molar-refractivity contribution in [2.45, 2.75) is 39.0 Å². The molecule has 0 unspecified atom stereocenters. The van der Waals surface area contributed by atoms with Crippen molar-refractivity contribution in [1.82, 2.24) is 4.98 Å². The van der Waals surface area contributed by atoms with Gasteiger partial charge in [0.2, 0.25) is 5.88 Å². The zero-order chi connectivity index (χ0) is 17.8. The third kappa shape index (κ3) is 3.37. The summed E-state index contributed by atoms with van der Waals surface area (Å²) in [5, 5.41) is 0. The largest absolute Gasteiger partial charge is 0.478 e. The van der Waals surface area contributed by atoms with Gasteiger partial charge in [-0.2, -0.15) is 0 Å². The van der Waals surface area contributed by atoms with Gasteiger partial charge in [0.1, 0.15) is 0 Å². The van der Waals surface area contributed by atoms with Crippen molar-refractivity contribution in [3.63, 3.8) is 0 Å². The van der Waals surface area contributed by atoms with Gasteiger partial charge < -0.3 is 4.74 Å². The van der Waals surface area contributed by atoms with Crippen LogP contribution in [0.1, 0.15) is 42.0 Å². The van der Waals surface area contributed by atoms with Gasteiger partial charge in [-0.25, -0.2) is 4.98 Å². The summed E-state index contributed by atoms with van der Waals surface area (Å²) in [6.45, 7) is 2.68. The Morgan fingerprint density at radius 2 is 1.50 bits per heavy atom. The monoisotopic (exact) mass is 343 g/mol. The van der Waals surface area contributed by atoms with E-state index < -0.39 is 0 Å². The Bertz CT molecular complexity index is 872. The van der Waals surface area contributed by atoms with Crippen LogP contribution in [-0.2, 0) is 19.3 Å². The van der Waals surface area contributed by atoms with E-state index in [9.17, 15) is 0 Å². The van der Waals surface area contributed by atoms with Crippen LogP contribution < -0.4 is 4.74 Å². The number of pyridine rings is 1. The molecule has 0 fully saturated rings. The molecule has 1 aliphatic carbocycles. The molecule has 132 valence electrons. The van der Waals surface area contributed by atoms with Gasteiger partial charge in [0, 0.05) is 17.5 Å². The number of rotatable bonds is 5. The predicted molar refractivity (Wildman–Crippen MR) is 107 cm³/mol. The Hall–Kier alpha value is -2.61. The molecule has 2 nitrogen and oxygen atoms in total. The van der Waals surface area contributed by atoms with E-state index in [-0.39, 0.29) is 0 Å². The first kappa shape index (κ1) is 16.8. The second-order valence-corrected chi connectivity index (χ2v) is 6.87. The topological polar surface area (TPSA) is 22.1 Å². The molecule has 1 heterocycles. The summed E-state index contributed by atoms with van der Waals surface area (Å²) in [6.07, 6.45) is 5.62. The van der Waals surface area contributed by atoms with Crippen LogP contribution in [0, 0.1) is 0 Å². The van der Waals surface area contributed by atoms with E-state index in [0.29, 0.717) is 6.61 Å². The number of nitrogens with zero attached hydrogens (tertiary/aromatic N) is 1. The normalized spacial score (nSPS) is 13.3. The van der Waals surface area contributed by atoms with E-state index >= 15 is 0 Å². The minimum absolute atomic E-state index is 0.641. The number of hydrogen-bond acceptors (Lipinski definition) is 2. The van der Waals surface area contributed by atoms with Crippen molar-refractivity contribution in [1.29, 1.82) is 0 Å². The van der Waals surface area contributed by atoms with Crippen molar-refractivity contribution >= 4 is 0 Å². The molecule has 0 atom stereocenters. The van der Waals surface area contributed by atoms with Crippen LogP contribution in [0.2, 0.25) is 0 Å². The zero-order valence-electron chi connectivity index (χ0n) is 15.4. The van der Waals surface area contributed by atoms with Crippen LogP contribution in [0.25, 0.3) is 11.3 Å². The van der Waals surface area contributed by atoms with Crippen LogP contribution in [-0.4, -0.2) is 11.6 Å². The number of hydrogen-bond donors (Lipinski definition) is 0. The van der Waals surface area contributed by atoms with Gasteiger partial charge in [-0.05, 0) is 49.3 Å². The minimum Gasteiger partial charge on any atom is -0.478 e. The highest BCUT2D eigenvalue weighted by Crippen LogP contribution is 2.37. The van der Waals surface area contributed by atoms with Crippen LogP contribution >= 0.6 is 0 Å². The summed E-state index contributed by atoms with van der Waals surface area (Å²) in [6, 6.07) is 21.2. The standard InChI is InChI=1S/C24H25NO/c1-2-26-24-22(17-18-11-5-3-6-12-18)20-15-9-10-16-21(20)23(25-24)19-13-7-4-8-14-19/h3-8,11-14H,2,9-10,15-17H2,1H3. The molecule has 2 heteroatoms. The van der Waals surface area contributed by atoms with Gasteiger partial charge in [-0.15, -0.1) is 0 Å². The molecule has 0 aliphatic heterocycles. The second kappa shape index (κ2) is 7.74. The third-order valence-corrected chi connectivity index (χ3v) is 5.14. The van der Waals surface area contributed by atoms with E-state index in [0.717, 1.165) is 30.8 Å². The molecule has 0 spiro atoms. The molecule has 26 heavy (non-hydrogen) atoms. The van der Waals surface area contributed by atoms with E-state index in [1.54, 1.807) is 0 Å². The molecule has 3 aromatic rings. The number of ether oxygens (including phenoxy) is 1. The van der Waals surface area contributed by atoms with Crippen molar-refractivity contribution in [3.8, 4) is 17.1 Å². The summed E-state index contributed by atoms with van der Waals surface area (Å²) in [5.41, 5.74) is 7.80. The van der Waals surface area contributed by atoms with Gasteiger partial charge >= 0.3 is 0 Å². The average Bonchev–Trinajstić information content (AvgIpc) is 2.71. The molecule has 0 radical (unpaired) electrons. The molecular weight excluding hydrogens is 318 g/mol. The Morgan fingerprint density at radius 3 is 2.19 bits per heavy atom. The van der Waals surface area contributed by atoms with Crippen molar-refractivity contribution in [3.05, 3.63) is 82.9 Å². The molecule has 4 rings (SSSR count). The Balaban J connectivity index is 1.88. The lowest BCUT2D eigenvalue weighted by molar-refractivity contribution is 0.323. The summed E-state index contributed by atoms with van der Waals surface area (Å²) in [5.74, 6) is 0.816. The lowest BCUT2D eigenvalue weighted by Crippen LogP contribution is -2.13. The maximum absolute atomic E-state index is 6.03. The SMILES string of the molecule is CCOc1nc(-c2ccccc2)c2c(c1Cc1ccccc1)CCCC2. The molecule has 0 saturated heterocycles. The fraction of sp³-hybridized carbons (Fsp3) is 0.292. The molecule has 0 bridgehead atoms. The summed E-state index contributed by atoms with van der Waals surface area (Å²) in [4.78, 5) is 5.02. The molecular formula is C24H25NO. The Kier molecular flexibility index (Phi) is 5.01. The van der Waals surface area contributed by atoms with Crippen LogP contribution in [0.15, 0.2) is 60.7 Å². The van der Waals surface area contributed by atoms with Gasteiger partial charge in [0.05, 0.1) is 12.3 Å². The molecule has 0 amide bonds. The summed E-state index contributed by atoms with van der Waals surface area (Å²) in [7, 11) is 0. The number of fused-ring (bicyclic) bond motifs is 1. The zero-order valence-corrected chi connectivity index (χ0v) is 15.4. The maximum Gasteiger partial charge on any atom is 0.217 e. The second-order valence-electron chi connectivity index (χ2n) is 6.87. The molecule has 0 N–H and O–H groups in total. The lowest BCUT2D eigenvalue weighted by atomic mass is 9.84. The average molecular weight is 343 g/mol. The Labute approximate surface area is 155 Å². The van der Waals surface area contributed by atoms with E-state index in [1.165, 1.54) is 40.7 Å². The van der Waals surface area contributed by atoms with E-state index in [4.69, 9.17) is 9.72 Å². The fourth-order valence-electron chi connectivity index (χ4n) is 3.94. The van der Waals surface area contributed by atoms with E-state index in [2.05, 4.69) is 60.7 Å². The maximum atomic E-state index is 6.03. The summed E-state index contributed by atoms with van der Waals surface area (Å²) >= 11 is 0.